The van der Waals surface area contributed by atoms with Crippen molar-refractivity contribution in [2.75, 3.05) is 13.6 Å². The Kier molecular flexibility index (Phi) is 4.14. The molecule has 4 heteroatoms. The van der Waals surface area contributed by atoms with Gasteiger partial charge in [0, 0.05) is 36.3 Å². The minimum Gasteiger partial charge on any atom is -0.301 e. The second kappa shape index (κ2) is 6.80. The van der Waals surface area contributed by atoms with Crippen molar-refractivity contribution in [2.45, 2.75) is 12.5 Å². The minimum atomic E-state index is -0.173. The number of likely N-dealkylation sites (N-methyl/N-ethyl adjacent to an activating group) is 1. The van der Waals surface area contributed by atoms with Gasteiger partial charge < -0.3 is 4.90 Å². The van der Waals surface area contributed by atoms with E-state index in [1.807, 2.05) is 13.1 Å². The molecule has 5 rings (SSSR count). The highest BCUT2D eigenvalue weighted by molar-refractivity contribution is 5.83. The lowest BCUT2D eigenvalue weighted by atomic mass is 9.83. The first kappa shape index (κ1) is 17.0. The SMILES string of the molecule is CN1Cc2c(ccc(-c3ccncn3)c2F)C(c2ccc3ccccc3c2)C1. The summed E-state index contributed by atoms with van der Waals surface area (Å²) in [5, 5.41) is 2.44. The molecular formula is C24H20FN3. The molecule has 4 aromatic rings. The molecule has 1 aliphatic heterocycles. The number of fused-ring (bicyclic) bond motifs is 2. The molecule has 0 fully saturated rings. The highest BCUT2D eigenvalue weighted by Crippen LogP contribution is 2.38. The molecule has 2 heterocycles. The van der Waals surface area contributed by atoms with Crippen molar-refractivity contribution in [1.29, 1.82) is 0 Å². The second-order valence-electron chi connectivity index (χ2n) is 7.45. The molecule has 3 aromatic carbocycles. The van der Waals surface area contributed by atoms with Gasteiger partial charge in [0.15, 0.2) is 0 Å². The summed E-state index contributed by atoms with van der Waals surface area (Å²) in [7, 11) is 2.05. The number of nitrogens with zero attached hydrogens (tertiary/aromatic N) is 3. The third-order valence-corrected chi connectivity index (χ3v) is 5.61. The number of benzene rings is 3. The van der Waals surface area contributed by atoms with E-state index in [1.54, 1.807) is 12.3 Å². The average Bonchev–Trinajstić information content (AvgIpc) is 2.74. The zero-order chi connectivity index (χ0) is 19.1. The first-order chi connectivity index (χ1) is 13.7. The fourth-order valence-corrected chi connectivity index (χ4v) is 4.23. The summed E-state index contributed by atoms with van der Waals surface area (Å²) in [4.78, 5) is 10.3. The topological polar surface area (TPSA) is 29.0 Å². The van der Waals surface area contributed by atoms with Crippen LogP contribution in [0.3, 0.4) is 0 Å². The van der Waals surface area contributed by atoms with Crippen molar-refractivity contribution < 1.29 is 4.39 Å². The molecule has 138 valence electrons. The summed E-state index contributed by atoms with van der Waals surface area (Å²) in [6.07, 6.45) is 3.10. The molecular weight excluding hydrogens is 349 g/mol. The van der Waals surface area contributed by atoms with Crippen molar-refractivity contribution in [3.05, 3.63) is 95.7 Å². The van der Waals surface area contributed by atoms with Gasteiger partial charge in [-0.25, -0.2) is 14.4 Å². The molecule has 0 saturated carbocycles. The zero-order valence-corrected chi connectivity index (χ0v) is 15.6. The van der Waals surface area contributed by atoms with E-state index in [0.717, 1.165) is 17.7 Å². The van der Waals surface area contributed by atoms with Gasteiger partial charge in [-0.15, -0.1) is 0 Å². The Balaban J connectivity index is 1.63. The van der Waals surface area contributed by atoms with Crippen LogP contribution in [-0.2, 0) is 6.54 Å². The second-order valence-corrected chi connectivity index (χ2v) is 7.45. The highest BCUT2D eigenvalue weighted by atomic mass is 19.1. The number of aromatic nitrogens is 2. The molecule has 0 amide bonds. The minimum absolute atomic E-state index is 0.146. The van der Waals surface area contributed by atoms with Gasteiger partial charge in [-0.2, -0.15) is 0 Å². The maximum Gasteiger partial charge on any atom is 0.137 e. The molecule has 0 aliphatic carbocycles. The molecule has 3 nitrogen and oxygen atoms in total. The van der Waals surface area contributed by atoms with Gasteiger partial charge >= 0.3 is 0 Å². The van der Waals surface area contributed by atoms with Gasteiger partial charge in [0.2, 0.25) is 0 Å². The van der Waals surface area contributed by atoms with Crippen LogP contribution >= 0.6 is 0 Å². The van der Waals surface area contributed by atoms with Crippen molar-refractivity contribution in [3.63, 3.8) is 0 Å². The Morgan fingerprint density at radius 3 is 2.68 bits per heavy atom. The van der Waals surface area contributed by atoms with Crippen LogP contribution in [0.4, 0.5) is 4.39 Å². The number of halogens is 1. The third kappa shape index (κ3) is 2.86. The van der Waals surface area contributed by atoms with Crippen LogP contribution in [0.25, 0.3) is 22.0 Å². The maximum atomic E-state index is 15.5. The van der Waals surface area contributed by atoms with E-state index in [0.29, 0.717) is 17.8 Å². The van der Waals surface area contributed by atoms with Crippen molar-refractivity contribution in [3.8, 4) is 11.3 Å². The molecule has 1 aromatic heterocycles. The smallest absolute Gasteiger partial charge is 0.137 e. The molecule has 0 spiro atoms. The summed E-state index contributed by atoms with van der Waals surface area (Å²) in [5.41, 5.74) is 4.21. The fourth-order valence-electron chi connectivity index (χ4n) is 4.23. The van der Waals surface area contributed by atoms with Crippen molar-refractivity contribution >= 4 is 10.8 Å². The van der Waals surface area contributed by atoms with Crippen molar-refractivity contribution in [2.24, 2.45) is 0 Å². The fraction of sp³-hybridized carbons (Fsp3) is 0.167. The van der Waals surface area contributed by atoms with Crippen LogP contribution < -0.4 is 0 Å². The van der Waals surface area contributed by atoms with Gasteiger partial charge in [0.1, 0.15) is 12.1 Å². The van der Waals surface area contributed by atoms with Gasteiger partial charge in [0.25, 0.3) is 0 Å². The van der Waals surface area contributed by atoms with E-state index in [1.165, 1.54) is 22.7 Å². The normalized spacial score (nSPS) is 16.9. The molecule has 0 saturated heterocycles. The van der Waals surface area contributed by atoms with Crippen LogP contribution in [0.15, 0.2) is 73.2 Å². The standard InChI is InChI=1S/C24H20FN3/c1-28-13-21(18-7-6-16-4-2-3-5-17(16)12-18)19-8-9-20(24(25)22(19)14-28)23-10-11-26-15-27-23/h2-12,15,21H,13-14H2,1H3. The first-order valence-electron chi connectivity index (χ1n) is 9.45. The first-order valence-corrected chi connectivity index (χ1v) is 9.45. The van der Waals surface area contributed by atoms with Crippen LogP contribution in [0.1, 0.15) is 22.6 Å². The van der Waals surface area contributed by atoms with Gasteiger partial charge in [-0.3, -0.25) is 0 Å². The summed E-state index contributed by atoms with van der Waals surface area (Å²) < 4.78 is 15.5. The van der Waals surface area contributed by atoms with E-state index in [4.69, 9.17) is 0 Å². The van der Waals surface area contributed by atoms with Crippen molar-refractivity contribution in [1.82, 2.24) is 14.9 Å². The van der Waals surface area contributed by atoms with E-state index in [9.17, 15) is 0 Å². The zero-order valence-electron chi connectivity index (χ0n) is 15.6. The monoisotopic (exact) mass is 369 g/mol. The number of hydrogen-bond donors (Lipinski definition) is 0. The van der Waals surface area contributed by atoms with E-state index < -0.39 is 0 Å². The summed E-state index contributed by atoms with van der Waals surface area (Å²) in [6, 6.07) is 20.6. The summed E-state index contributed by atoms with van der Waals surface area (Å²) in [5.74, 6) is -0.0270. The lowest BCUT2D eigenvalue weighted by Gasteiger charge is -2.33. The Hall–Kier alpha value is -3.11. The largest absolute Gasteiger partial charge is 0.301 e. The lowest BCUT2D eigenvalue weighted by molar-refractivity contribution is 0.289. The average molecular weight is 369 g/mol. The maximum absolute atomic E-state index is 15.5. The molecule has 0 bridgehead atoms. The van der Waals surface area contributed by atoms with E-state index in [-0.39, 0.29) is 11.7 Å². The summed E-state index contributed by atoms with van der Waals surface area (Å²) >= 11 is 0. The molecule has 28 heavy (non-hydrogen) atoms. The molecule has 1 atom stereocenters. The molecule has 1 unspecified atom stereocenters. The quantitative estimate of drug-likeness (QED) is 0.497. The summed E-state index contributed by atoms with van der Waals surface area (Å²) in [6.45, 7) is 1.47. The predicted molar refractivity (Wildman–Crippen MR) is 110 cm³/mol. The van der Waals surface area contributed by atoms with Gasteiger partial charge in [0.05, 0.1) is 5.69 Å². The highest BCUT2D eigenvalue weighted by Gasteiger charge is 2.28. The lowest BCUT2D eigenvalue weighted by Crippen LogP contribution is -2.31. The van der Waals surface area contributed by atoms with Gasteiger partial charge in [-0.1, -0.05) is 48.5 Å². The van der Waals surface area contributed by atoms with E-state index >= 15 is 4.39 Å². The molecule has 1 aliphatic rings. The number of rotatable bonds is 2. The van der Waals surface area contributed by atoms with Crippen LogP contribution in [0.2, 0.25) is 0 Å². The van der Waals surface area contributed by atoms with Gasteiger partial charge in [-0.05, 0) is 41.1 Å². The Labute approximate surface area is 163 Å². The number of hydrogen-bond acceptors (Lipinski definition) is 3. The molecule has 0 radical (unpaired) electrons. The Morgan fingerprint density at radius 2 is 1.86 bits per heavy atom. The Bertz CT molecular complexity index is 1160. The third-order valence-electron chi connectivity index (χ3n) is 5.61. The van der Waals surface area contributed by atoms with Crippen LogP contribution in [0.5, 0.6) is 0 Å². The molecule has 0 N–H and O–H groups in total. The predicted octanol–water partition coefficient (Wildman–Crippen LogP) is 5.01. The van der Waals surface area contributed by atoms with E-state index in [2.05, 4.69) is 63.4 Å². The Morgan fingerprint density at radius 1 is 1.00 bits per heavy atom. The van der Waals surface area contributed by atoms with Crippen LogP contribution in [0, 0.1) is 5.82 Å². The van der Waals surface area contributed by atoms with Crippen LogP contribution in [-0.4, -0.2) is 28.5 Å².